The Morgan fingerprint density at radius 2 is 2.08 bits per heavy atom. The van der Waals surface area contributed by atoms with Gasteiger partial charge in [-0.3, -0.25) is 4.68 Å². The van der Waals surface area contributed by atoms with Gasteiger partial charge in [-0.1, -0.05) is 33.6 Å². The Labute approximate surface area is 156 Å². The number of nitrogens with zero attached hydrogens (tertiary/aromatic N) is 3. The molecule has 0 radical (unpaired) electrons. The summed E-state index contributed by atoms with van der Waals surface area (Å²) in [4.78, 5) is 4.62. The molecule has 0 atom stereocenters. The molecule has 130 valence electrons. The third-order valence-corrected chi connectivity index (χ3v) is 4.70. The second kappa shape index (κ2) is 8.53. The number of halogens is 2. The fourth-order valence-corrected chi connectivity index (χ4v) is 3.13. The summed E-state index contributed by atoms with van der Waals surface area (Å²) in [5, 5.41) is 11.8. The molecule has 0 saturated carbocycles. The molecular formula is C17H23BrClN5. The average molecular weight is 413 g/mol. The number of guanidine groups is 1. The first-order valence-electron chi connectivity index (χ1n) is 7.87. The van der Waals surface area contributed by atoms with Crippen LogP contribution in [0.1, 0.15) is 29.4 Å². The van der Waals surface area contributed by atoms with Crippen LogP contribution in [-0.4, -0.2) is 22.3 Å². The van der Waals surface area contributed by atoms with Gasteiger partial charge in [-0.05, 0) is 38.5 Å². The van der Waals surface area contributed by atoms with E-state index in [1.807, 2.05) is 43.8 Å². The lowest BCUT2D eigenvalue weighted by Gasteiger charge is -2.12. The maximum Gasteiger partial charge on any atom is 0.191 e. The van der Waals surface area contributed by atoms with Crippen LogP contribution in [-0.2, 0) is 20.1 Å². The van der Waals surface area contributed by atoms with Crippen molar-refractivity contribution >= 4 is 33.5 Å². The molecule has 0 aliphatic heterocycles. The Balaban J connectivity index is 2.08. The maximum atomic E-state index is 6.26. The van der Waals surface area contributed by atoms with Crippen molar-refractivity contribution in [2.24, 2.45) is 12.0 Å². The minimum absolute atomic E-state index is 0.520. The third kappa shape index (κ3) is 4.74. The Kier molecular flexibility index (Phi) is 6.69. The number of hydrogen-bond acceptors (Lipinski definition) is 2. The monoisotopic (exact) mass is 411 g/mol. The normalized spacial score (nSPS) is 11.7. The van der Waals surface area contributed by atoms with Gasteiger partial charge < -0.3 is 10.6 Å². The van der Waals surface area contributed by atoms with Crippen molar-refractivity contribution in [2.45, 2.75) is 33.9 Å². The molecule has 0 spiro atoms. The van der Waals surface area contributed by atoms with E-state index in [0.717, 1.165) is 33.9 Å². The largest absolute Gasteiger partial charge is 0.357 e. The van der Waals surface area contributed by atoms with Gasteiger partial charge in [0, 0.05) is 40.9 Å². The molecule has 0 amide bonds. The van der Waals surface area contributed by atoms with Gasteiger partial charge in [-0.15, -0.1) is 0 Å². The van der Waals surface area contributed by atoms with E-state index in [4.69, 9.17) is 11.6 Å². The van der Waals surface area contributed by atoms with Gasteiger partial charge >= 0.3 is 0 Å². The molecule has 0 bridgehead atoms. The van der Waals surface area contributed by atoms with Gasteiger partial charge in [0.05, 0.1) is 12.2 Å². The predicted molar refractivity (Wildman–Crippen MR) is 103 cm³/mol. The summed E-state index contributed by atoms with van der Waals surface area (Å²) in [7, 11) is 1.96. The number of aryl methyl sites for hydroxylation is 2. The minimum Gasteiger partial charge on any atom is -0.357 e. The van der Waals surface area contributed by atoms with Gasteiger partial charge in [0.1, 0.15) is 0 Å². The summed E-state index contributed by atoms with van der Waals surface area (Å²) in [6.45, 7) is 8.14. The molecule has 0 aliphatic rings. The zero-order valence-corrected chi connectivity index (χ0v) is 16.8. The summed E-state index contributed by atoms with van der Waals surface area (Å²) in [5.74, 6) is 0.763. The Morgan fingerprint density at radius 1 is 1.33 bits per heavy atom. The first-order valence-corrected chi connectivity index (χ1v) is 9.04. The van der Waals surface area contributed by atoms with Gasteiger partial charge in [0.25, 0.3) is 0 Å². The molecule has 1 heterocycles. The van der Waals surface area contributed by atoms with Crippen LogP contribution in [0.4, 0.5) is 0 Å². The second-order valence-corrected chi connectivity index (χ2v) is 6.88. The van der Waals surface area contributed by atoms with Gasteiger partial charge in [0.2, 0.25) is 0 Å². The highest BCUT2D eigenvalue weighted by Gasteiger charge is 2.10. The molecule has 2 aromatic rings. The second-order valence-electron chi connectivity index (χ2n) is 5.56. The molecule has 2 N–H and O–H groups in total. The molecule has 0 unspecified atom stereocenters. The van der Waals surface area contributed by atoms with Crippen LogP contribution in [0.25, 0.3) is 0 Å². The zero-order valence-electron chi connectivity index (χ0n) is 14.5. The molecule has 24 heavy (non-hydrogen) atoms. The molecule has 1 aromatic heterocycles. The predicted octanol–water partition coefficient (Wildman–Crippen LogP) is 3.71. The van der Waals surface area contributed by atoms with E-state index in [9.17, 15) is 0 Å². The van der Waals surface area contributed by atoms with Gasteiger partial charge in [-0.2, -0.15) is 5.10 Å². The molecule has 5 nitrogen and oxygen atoms in total. The lowest BCUT2D eigenvalue weighted by molar-refractivity contribution is 0.728. The van der Waals surface area contributed by atoms with Crippen molar-refractivity contribution in [3.05, 3.63) is 50.2 Å². The van der Waals surface area contributed by atoms with Crippen LogP contribution in [0.15, 0.2) is 27.7 Å². The molecule has 0 saturated heterocycles. The van der Waals surface area contributed by atoms with E-state index in [-0.39, 0.29) is 0 Å². The Bertz CT molecular complexity index is 739. The number of aliphatic imine (C=N–C) groups is 1. The fourth-order valence-electron chi connectivity index (χ4n) is 2.40. The van der Waals surface area contributed by atoms with Gasteiger partial charge in [-0.25, -0.2) is 4.99 Å². The van der Waals surface area contributed by atoms with E-state index in [1.54, 1.807) is 0 Å². The minimum atomic E-state index is 0.520. The lowest BCUT2D eigenvalue weighted by Crippen LogP contribution is -2.37. The average Bonchev–Trinajstić information content (AvgIpc) is 2.77. The Hall–Kier alpha value is -1.53. The first kappa shape index (κ1) is 18.8. The summed E-state index contributed by atoms with van der Waals surface area (Å²) in [6.07, 6.45) is 0. The van der Waals surface area contributed by atoms with Crippen molar-refractivity contribution in [1.29, 1.82) is 0 Å². The van der Waals surface area contributed by atoms with E-state index in [1.165, 1.54) is 5.56 Å². The standard InChI is InChI=1S/C17H23BrClN5/c1-5-20-17(21-9-13-6-7-14(18)8-16(13)19)22-10-15-11(2)23-24(4)12(15)3/h6-8H,5,9-10H2,1-4H3,(H2,20,21,22). The van der Waals surface area contributed by atoms with Crippen molar-refractivity contribution in [3.8, 4) is 0 Å². The van der Waals surface area contributed by atoms with Crippen LogP contribution in [0.5, 0.6) is 0 Å². The van der Waals surface area contributed by atoms with Crippen LogP contribution < -0.4 is 10.6 Å². The number of rotatable bonds is 5. The molecule has 0 fully saturated rings. The van der Waals surface area contributed by atoms with Crippen LogP contribution in [0.3, 0.4) is 0 Å². The van der Waals surface area contributed by atoms with E-state index in [0.29, 0.717) is 18.1 Å². The molecule has 7 heteroatoms. The number of aromatic nitrogens is 2. The number of hydrogen-bond donors (Lipinski definition) is 2. The number of benzene rings is 1. The molecule has 1 aromatic carbocycles. The summed E-state index contributed by atoms with van der Waals surface area (Å²) >= 11 is 9.67. The topological polar surface area (TPSA) is 54.2 Å². The van der Waals surface area contributed by atoms with Crippen molar-refractivity contribution < 1.29 is 0 Å². The fraction of sp³-hybridized carbons (Fsp3) is 0.412. The molecule has 2 rings (SSSR count). The van der Waals surface area contributed by atoms with Crippen molar-refractivity contribution in [3.63, 3.8) is 0 Å². The molecule has 0 aliphatic carbocycles. The summed E-state index contributed by atoms with van der Waals surface area (Å²) < 4.78 is 2.87. The quantitative estimate of drug-likeness (QED) is 0.581. The maximum absolute atomic E-state index is 6.26. The number of nitrogens with one attached hydrogen (secondary N) is 2. The van der Waals surface area contributed by atoms with Crippen LogP contribution in [0, 0.1) is 13.8 Å². The van der Waals surface area contributed by atoms with Gasteiger partial charge in [0.15, 0.2) is 5.96 Å². The van der Waals surface area contributed by atoms with Crippen molar-refractivity contribution in [2.75, 3.05) is 6.54 Å². The lowest BCUT2D eigenvalue weighted by atomic mass is 10.2. The van der Waals surface area contributed by atoms with Crippen LogP contribution >= 0.6 is 27.5 Å². The van der Waals surface area contributed by atoms with E-state index in [2.05, 4.69) is 43.6 Å². The first-order chi connectivity index (χ1) is 11.4. The highest BCUT2D eigenvalue weighted by Crippen LogP contribution is 2.21. The van der Waals surface area contributed by atoms with E-state index >= 15 is 0 Å². The van der Waals surface area contributed by atoms with Crippen molar-refractivity contribution in [1.82, 2.24) is 20.4 Å². The van der Waals surface area contributed by atoms with E-state index < -0.39 is 0 Å². The summed E-state index contributed by atoms with van der Waals surface area (Å²) in [5.41, 5.74) is 4.39. The highest BCUT2D eigenvalue weighted by molar-refractivity contribution is 9.10. The van der Waals surface area contributed by atoms with Crippen LogP contribution in [0.2, 0.25) is 5.02 Å². The smallest absolute Gasteiger partial charge is 0.191 e. The Morgan fingerprint density at radius 3 is 2.67 bits per heavy atom. The third-order valence-electron chi connectivity index (χ3n) is 3.86. The SMILES string of the molecule is CCNC(=NCc1ccc(Br)cc1Cl)NCc1c(C)nn(C)c1C. The zero-order chi connectivity index (χ0) is 17.7. The summed E-state index contributed by atoms with van der Waals surface area (Å²) in [6, 6.07) is 5.84. The highest BCUT2D eigenvalue weighted by atomic mass is 79.9. The molecular weight excluding hydrogens is 390 g/mol.